The maximum absolute atomic E-state index is 9.90. The Morgan fingerprint density at radius 2 is 2.00 bits per heavy atom. The Kier molecular flexibility index (Phi) is 7.55. The third-order valence-electron chi connectivity index (χ3n) is 0.936. The van der Waals surface area contributed by atoms with Crippen LogP contribution in [0.15, 0.2) is 0 Å². The van der Waals surface area contributed by atoms with Gasteiger partial charge in [-0.3, -0.25) is 4.79 Å². The molecule has 3 heteroatoms. The number of carboxylic acid groups (broad SMARTS) is 1. The van der Waals surface area contributed by atoms with Crippen molar-refractivity contribution in [1.29, 1.82) is 0 Å². The highest BCUT2D eigenvalue weighted by atomic mass is 35.5. The van der Waals surface area contributed by atoms with E-state index in [1.54, 1.807) is 0 Å². The van der Waals surface area contributed by atoms with Crippen LogP contribution in [0, 0.1) is 5.92 Å². The molecular formula is C6H13ClO2. The van der Waals surface area contributed by atoms with Crippen molar-refractivity contribution < 1.29 is 9.90 Å². The molecule has 0 saturated heterocycles. The first-order valence-corrected chi connectivity index (χ1v) is 2.84. The van der Waals surface area contributed by atoms with Crippen molar-refractivity contribution >= 4 is 18.4 Å². The van der Waals surface area contributed by atoms with Gasteiger partial charge in [-0.2, -0.15) is 0 Å². The molecule has 0 radical (unpaired) electrons. The van der Waals surface area contributed by atoms with E-state index in [0.717, 1.165) is 6.42 Å². The number of aliphatic carboxylic acids is 1. The van der Waals surface area contributed by atoms with Gasteiger partial charge >= 0.3 is 5.97 Å². The molecule has 0 aliphatic rings. The molecular weight excluding hydrogens is 140 g/mol. The van der Waals surface area contributed by atoms with Gasteiger partial charge in [0.1, 0.15) is 0 Å². The SMILES string of the molecule is CC(C)CCC(=O)O.Cl. The molecule has 0 amide bonds. The van der Waals surface area contributed by atoms with Gasteiger partial charge in [-0.25, -0.2) is 0 Å². The Labute approximate surface area is 61.7 Å². The van der Waals surface area contributed by atoms with Crippen molar-refractivity contribution in [3.63, 3.8) is 0 Å². The van der Waals surface area contributed by atoms with Crippen LogP contribution in [-0.4, -0.2) is 11.1 Å². The Morgan fingerprint density at radius 1 is 1.56 bits per heavy atom. The van der Waals surface area contributed by atoms with E-state index in [9.17, 15) is 4.79 Å². The standard InChI is InChI=1S/C6H12O2.ClH/c1-5(2)3-4-6(7)8;/h5H,3-4H2,1-2H3,(H,7,8);1H. The first-order valence-electron chi connectivity index (χ1n) is 2.84. The number of hydrogen-bond acceptors (Lipinski definition) is 1. The molecule has 0 aromatic rings. The highest BCUT2D eigenvalue weighted by molar-refractivity contribution is 5.85. The van der Waals surface area contributed by atoms with E-state index < -0.39 is 5.97 Å². The zero-order chi connectivity index (χ0) is 6.57. The normalized spacial score (nSPS) is 8.78. The molecule has 0 atom stereocenters. The fourth-order valence-corrected chi connectivity index (χ4v) is 0.412. The summed E-state index contributed by atoms with van der Waals surface area (Å²) in [6, 6.07) is 0. The van der Waals surface area contributed by atoms with Gasteiger partial charge in [0.2, 0.25) is 0 Å². The van der Waals surface area contributed by atoms with Crippen LogP contribution in [0.25, 0.3) is 0 Å². The number of carboxylic acids is 1. The van der Waals surface area contributed by atoms with Crippen molar-refractivity contribution in [1.82, 2.24) is 0 Å². The minimum Gasteiger partial charge on any atom is -0.481 e. The monoisotopic (exact) mass is 152 g/mol. The lowest BCUT2D eigenvalue weighted by molar-refractivity contribution is -0.137. The lowest BCUT2D eigenvalue weighted by atomic mass is 10.1. The smallest absolute Gasteiger partial charge is 0.303 e. The quantitative estimate of drug-likeness (QED) is 0.671. The number of hydrogen-bond donors (Lipinski definition) is 1. The van der Waals surface area contributed by atoms with Gasteiger partial charge in [-0.05, 0) is 12.3 Å². The minimum absolute atomic E-state index is 0. The summed E-state index contributed by atoms with van der Waals surface area (Å²) in [5.41, 5.74) is 0. The van der Waals surface area contributed by atoms with E-state index >= 15 is 0 Å². The largest absolute Gasteiger partial charge is 0.481 e. The molecule has 0 rings (SSSR count). The Hall–Kier alpha value is -0.240. The second-order valence-corrected chi connectivity index (χ2v) is 2.33. The Morgan fingerprint density at radius 3 is 2.11 bits per heavy atom. The second-order valence-electron chi connectivity index (χ2n) is 2.33. The van der Waals surface area contributed by atoms with Crippen LogP contribution >= 0.6 is 12.4 Å². The summed E-state index contributed by atoms with van der Waals surface area (Å²) in [7, 11) is 0. The molecule has 0 saturated carbocycles. The summed E-state index contributed by atoms with van der Waals surface area (Å²) in [6.45, 7) is 4.03. The van der Waals surface area contributed by atoms with Gasteiger partial charge in [-0.1, -0.05) is 13.8 Å². The van der Waals surface area contributed by atoms with Gasteiger partial charge in [0.05, 0.1) is 0 Å². The molecule has 0 heterocycles. The molecule has 0 aliphatic heterocycles. The Balaban J connectivity index is 0. The number of carbonyl (C=O) groups is 1. The molecule has 2 nitrogen and oxygen atoms in total. The van der Waals surface area contributed by atoms with Crippen molar-refractivity contribution in [3.8, 4) is 0 Å². The van der Waals surface area contributed by atoms with E-state index in [1.807, 2.05) is 13.8 Å². The predicted molar refractivity (Wildman–Crippen MR) is 39.0 cm³/mol. The molecule has 0 aliphatic carbocycles. The number of halogens is 1. The molecule has 1 N–H and O–H groups in total. The van der Waals surface area contributed by atoms with Crippen molar-refractivity contribution in [3.05, 3.63) is 0 Å². The topological polar surface area (TPSA) is 37.3 Å². The molecule has 0 fully saturated rings. The highest BCUT2D eigenvalue weighted by Crippen LogP contribution is 2.01. The predicted octanol–water partition coefficient (Wildman–Crippen LogP) is 1.93. The summed E-state index contributed by atoms with van der Waals surface area (Å²) >= 11 is 0. The first kappa shape index (κ1) is 11.5. The van der Waals surface area contributed by atoms with Gasteiger partial charge in [0, 0.05) is 6.42 Å². The fourth-order valence-electron chi connectivity index (χ4n) is 0.412. The summed E-state index contributed by atoms with van der Waals surface area (Å²) in [4.78, 5) is 9.90. The summed E-state index contributed by atoms with van der Waals surface area (Å²) in [5.74, 6) is -0.190. The molecule has 0 spiro atoms. The fraction of sp³-hybridized carbons (Fsp3) is 0.833. The van der Waals surface area contributed by atoms with Gasteiger partial charge < -0.3 is 5.11 Å². The highest BCUT2D eigenvalue weighted by Gasteiger charge is 1.97. The third kappa shape index (κ3) is 11.4. The molecule has 0 unspecified atom stereocenters. The zero-order valence-electron chi connectivity index (χ0n) is 5.76. The van der Waals surface area contributed by atoms with Crippen LogP contribution in [0.1, 0.15) is 26.7 Å². The molecule has 0 bridgehead atoms. The van der Waals surface area contributed by atoms with Crippen LogP contribution in [0.5, 0.6) is 0 Å². The van der Waals surface area contributed by atoms with E-state index in [4.69, 9.17) is 5.11 Å². The van der Waals surface area contributed by atoms with Crippen molar-refractivity contribution in [2.24, 2.45) is 5.92 Å². The van der Waals surface area contributed by atoms with E-state index in [-0.39, 0.29) is 12.4 Å². The molecule has 9 heavy (non-hydrogen) atoms. The van der Waals surface area contributed by atoms with E-state index in [2.05, 4.69) is 0 Å². The lowest BCUT2D eigenvalue weighted by Crippen LogP contribution is -1.97. The molecule has 56 valence electrons. The molecule has 0 aromatic carbocycles. The van der Waals surface area contributed by atoms with Crippen LogP contribution < -0.4 is 0 Å². The van der Waals surface area contributed by atoms with Crippen LogP contribution in [0.2, 0.25) is 0 Å². The Bertz CT molecular complexity index is 81.1. The van der Waals surface area contributed by atoms with Crippen molar-refractivity contribution in [2.45, 2.75) is 26.7 Å². The zero-order valence-corrected chi connectivity index (χ0v) is 6.57. The lowest BCUT2D eigenvalue weighted by Gasteiger charge is -1.97. The minimum atomic E-state index is -0.696. The maximum Gasteiger partial charge on any atom is 0.303 e. The average molecular weight is 153 g/mol. The summed E-state index contributed by atoms with van der Waals surface area (Å²) in [6.07, 6.45) is 1.09. The third-order valence-corrected chi connectivity index (χ3v) is 0.936. The second kappa shape index (κ2) is 5.89. The van der Waals surface area contributed by atoms with E-state index in [1.165, 1.54) is 0 Å². The van der Waals surface area contributed by atoms with Crippen LogP contribution in [-0.2, 0) is 4.79 Å². The molecule has 0 aromatic heterocycles. The maximum atomic E-state index is 9.90. The van der Waals surface area contributed by atoms with E-state index in [0.29, 0.717) is 12.3 Å². The van der Waals surface area contributed by atoms with Gasteiger partial charge in [-0.15, -0.1) is 12.4 Å². The van der Waals surface area contributed by atoms with Crippen molar-refractivity contribution in [2.75, 3.05) is 0 Å². The number of rotatable bonds is 3. The van der Waals surface area contributed by atoms with Crippen LogP contribution in [0.3, 0.4) is 0 Å². The summed E-state index contributed by atoms with van der Waals surface area (Å²) in [5, 5.41) is 8.16. The summed E-state index contributed by atoms with van der Waals surface area (Å²) < 4.78 is 0. The first-order chi connectivity index (χ1) is 3.63. The van der Waals surface area contributed by atoms with Gasteiger partial charge in [0.25, 0.3) is 0 Å². The van der Waals surface area contributed by atoms with Gasteiger partial charge in [0.15, 0.2) is 0 Å². The average Bonchev–Trinajstić information content (AvgIpc) is 1.61. The van der Waals surface area contributed by atoms with Crippen LogP contribution in [0.4, 0.5) is 0 Å².